The zero-order chi connectivity index (χ0) is 14.7. The molecule has 114 valence electrons. The van der Waals surface area contributed by atoms with Gasteiger partial charge in [-0.1, -0.05) is 24.3 Å². The fraction of sp³-hybridized carbons (Fsp3) is 0.562. The monoisotopic (exact) mass is 290 g/mol. The van der Waals surface area contributed by atoms with E-state index in [9.17, 15) is 9.90 Å². The number of aliphatic hydroxyl groups excluding tert-OH is 1. The van der Waals surface area contributed by atoms with Crippen molar-refractivity contribution in [1.82, 2.24) is 10.6 Å². The molecule has 3 rings (SSSR count). The molecule has 1 fully saturated rings. The van der Waals surface area contributed by atoms with Crippen LogP contribution in [0.15, 0.2) is 24.3 Å². The van der Waals surface area contributed by atoms with Crippen molar-refractivity contribution in [2.45, 2.75) is 37.4 Å². The third-order valence-corrected chi connectivity index (χ3v) is 4.54. The van der Waals surface area contributed by atoms with Crippen LogP contribution in [-0.4, -0.2) is 42.4 Å². The van der Waals surface area contributed by atoms with Gasteiger partial charge in [0.1, 0.15) is 0 Å². The molecular weight excluding hydrogens is 268 g/mol. The Morgan fingerprint density at radius 3 is 2.76 bits per heavy atom. The van der Waals surface area contributed by atoms with Gasteiger partial charge in [0.25, 0.3) is 0 Å². The lowest BCUT2D eigenvalue weighted by molar-refractivity contribution is -0.127. The van der Waals surface area contributed by atoms with Crippen molar-refractivity contribution in [3.05, 3.63) is 35.4 Å². The highest BCUT2D eigenvalue weighted by atomic mass is 16.5. The Morgan fingerprint density at radius 2 is 2.05 bits per heavy atom. The van der Waals surface area contributed by atoms with Crippen molar-refractivity contribution in [3.8, 4) is 0 Å². The summed E-state index contributed by atoms with van der Waals surface area (Å²) in [7, 11) is 0. The van der Waals surface area contributed by atoms with Gasteiger partial charge in [-0.2, -0.15) is 0 Å². The number of aliphatic hydroxyl groups is 1. The number of hydrogen-bond donors (Lipinski definition) is 3. The van der Waals surface area contributed by atoms with Crippen LogP contribution < -0.4 is 10.6 Å². The first kappa shape index (κ1) is 14.5. The molecular formula is C16H22N2O3. The Balaban J connectivity index is 1.66. The lowest BCUT2D eigenvalue weighted by Gasteiger charge is -2.38. The molecule has 5 heteroatoms. The van der Waals surface area contributed by atoms with Gasteiger partial charge in [-0.15, -0.1) is 0 Å². The maximum absolute atomic E-state index is 12.5. The Labute approximate surface area is 124 Å². The molecule has 0 bridgehead atoms. The van der Waals surface area contributed by atoms with Gasteiger partial charge in [0, 0.05) is 19.8 Å². The van der Waals surface area contributed by atoms with Crippen molar-refractivity contribution >= 4 is 5.91 Å². The molecule has 1 atom stereocenters. The molecule has 0 aromatic heterocycles. The predicted octanol–water partition coefficient (Wildman–Crippen LogP) is 0.359. The summed E-state index contributed by atoms with van der Waals surface area (Å²) in [4.78, 5) is 12.5. The average Bonchev–Trinajstić information content (AvgIpc) is 2.55. The molecule has 0 aliphatic carbocycles. The van der Waals surface area contributed by atoms with E-state index in [1.807, 2.05) is 12.1 Å². The van der Waals surface area contributed by atoms with Crippen molar-refractivity contribution in [2.75, 3.05) is 19.8 Å². The van der Waals surface area contributed by atoms with Crippen molar-refractivity contribution in [2.24, 2.45) is 0 Å². The van der Waals surface area contributed by atoms with Crippen LogP contribution in [0.1, 0.15) is 24.0 Å². The molecule has 1 amide bonds. The van der Waals surface area contributed by atoms with Crippen LogP contribution >= 0.6 is 0 Å². The summed E-state index contributed by atoms with van der Waals surface area (Å²) in [6, 6.07) is 7.96. The van der Waals surface area contributed by atoms with E-state index < -0.39 is 5.54 Å². The Hall–Kier alpha value is -1.43. The van der Waals surface area contributed by atoms with Crippen LogP contribution in [-0.2, 0) is 22.5 Å². The number of ether oxygens (including phenoxy) is 1. The van der Waals surface area contributed by atoms with Crippen molar-refractivity contribution in [1.29, 1.82) is 0 Å². The quantitative estimate of drug-likeness (QED) is 0.752. The van der Waals surface area contributed by atoms with E-state index in [2.05, 4.69) is 22.8 Å². The smallest absolute Gasteiger partial charge is 0.238 e. The summed E-state index contributed by atoms with van der Waals surface area (Å²) in [6.07, 6.45) is 2.02. The van der Waals surface area contributed by atoms with E-state index in [1.54, 1.807) is 0 Å². The third kappa shape index (κ3) is 3.10. The zero-order valence-electron chi connectivity index (χ0n) is 12.1. The zero-order valence-corrected chi connectivity index (χ0v) is 12.1. The maximum Gasteiger partial charge on any atom is 0.238 e. The minimum Gasteiger partial charge on any atom is -0.394 e. The Bertz CT molecular complexity index is 512. The van der Waals surface area contributed by atoms with E-state index in [1.165, 1.54) is 11.1 Å². The van der Waals surface area contributed by atoms with Crippen LogP contribution in [0.3, 0.4) is 0 Å². The average molecular weight is 290 g/mol. The number of carbonyl (C=O) groups is 1. The van der Waals surface area contributed by atoms with Gasteiger partial charge in [0.15, 0.2) is 0 Å². The van der Waals surface area contributed by atoms with E-state index >= 15 is 0 Å². The van der Waals surface area contributed by atoms with Crippen LogP contribution in [0.4, 0.5) is 0 Å². The number of nitrogens with one attached hydrogen (secondary N) is 2. The van der Waals surface area contributed by atoms with Gasteiger partial charge in [0.2, 0.25) is 5.91 Å². The van der Waals surface area contributed by atoms with E-state index in [0.29, 0.717) is 39.0 Å². The SMILES string of the molecule is O=C(NC1(CO)CCOCC1)[C@@H]1Cc2ccccc2CN1. The van der Waals surface area contributed by atoms with Gasteiger partial charge in [-0.05, 0) is 30.4 Å². The second kappa shape index (κ2) is 6.13. The van der Waals surface area contributed by atoms with Gasteiger partial charge in [-0.3, -0.25) is 4.79 Å². The van der Waals surface area contributed by atoms with E-state index in [4.69, 9.17) is 4.74 Å². The van der Waals surface area contributed by atoms with Gasteiger partial charge >= 0.3 is 0 Å². The molecule has 1 aromatic carbocycles. The molecule has 3 N–H and O–H groups in total. The van der Waals surface area contributed by atoms with Crippen LogP contribution in [0.2, 0.25) is 0 Å². The molecule has 0 radical (unpaired) electrons. The second-order valence-electron chi connectivity index (χ2n) is 5.95. The molecule has 5 nitrogen and oxygen atoms in total. The van der Waals surface area contributed by atoms with Crippen molar-refractivity contribution < 1.29 is 14.6 Å². The predicted molar refractivity (Wildman–Crippen MR) is 78.8 cm³/mol. The number of rotatable bonds is 3. The number of amides is 1. The molecule has 0 saturated carbocycles. The minimum absolute atomic E-state index is 0.0274. The Kier molecular flexibility index (Phi) is 4.24. The summed E-state index contributed by atoms with van der Waals surface area (Å²) >= 11 is 0. The minimum atomic E-state index is -0.520. The maximum atomic E-state index is 12.5. The van der Waals surface area contributed by atoms with Crippen LogP contribution in [0.5, 0.6) is 0 Å². The van der Waals surface area contributed by atoms with E-state index in [-0.39, 0.29) is 18.6 Å². The lowest BCUT2D eigenvalue weighted by Crippen LogP contribution is -2.59. The number of hydrogen-bond acceptors (Lipinski definition) is 4. The number of fused-ring (bicyclic) bond motifs is 1. The lowest BCUT2D eigenvalue weighted by atomic mass is 9.89. The normalized spacial score (nSPS) is 24.1. The molecule has 2 aliphatic rings. The Morgan fingerprint density at radius 1 is 1.33 bits per heavy atom. The highest BCUT2D eigenvalue weighted by molar-refractivity contribution is 5.83. The largest absolute Gasteiger partial charge is 0.394 e. The topological polar surface area (TPSA) is 70.6 Å². The summed E-state index contributed by atoms with van der Waals surface area (Å²) < 4.78 is 5.32. The summed E-state index contributed by atoms with van der Waals surface area (Å²) in [6.45, 7) is 1.85. The highest BCUT2D eigenvalue weighted by Gasteiger charge is 2.36. The first-order valence-electron chi connectivity index (χ1n) is 7.53. The highest BCUT2D eigenvalue weighted by Crippen LogP contribution is 2.21. The number of carbonyl (C=O) groups excluding carboxylic acids is 1. The molecule has 1 saturated heterocycles. The van der Waals surface area contributed by atoms with Gasteiger partial charge in [-0.25, -0.2) is 0 Å². The van der Waals surface area contributed by atoms with Crippen LogP contribution in [0.25, 0.3) is 0 Å². The fourth-order valence-corrected chi connectivity index (χ4v) is 3.07. The molecule has 1 aromatic rings. The summed E-state index contributed by atoms with van der Waals surface area (Å²) in [5, 5.41) is 16.0. The first-order valence-corrected chi connectivity index (χ1v) is 7.53. The third-order valence-electron chi connectivity index (χ3n) is 4.54. The standard InChI is InChI=1S/C16H22N2O3/c19-11-16(5-7-21-8-6-16)18-15(20)14-9-12-3-1-2-4-13(12)10-17-14/h1-4,14,17,19H,5-11H2,(H,18,20)/t14-/m0/s1. The van der Waals surface area contributed by atoms with E-state index in [0.717, 1.165) is 0 Å². The molecule has 2 aliphatic heterocycles. The van der Waals surface area contributed by atoms with Gasteiger partial charge in [0.05, 0.1) is 18.2 Å². The van der Waals surface area contributed by atoms with Gasteiger partial charge < -0.3 is 20.5 Å². The summed E-state index contributed by atoms with van der Waals surface area (Å²) in [5.74, 6) is -0.0274. The molecule has 2 heterocycles. The molecule has 0 unspecified atom stereocenters. The second-order valence-corrected chi connectivity index (χ2v) is 5.95. The first-order chi connectivity index (χ1) is 10.2. The fourth-order valence-electron chi connectivity index (χ4n) is 3.07. The molecule has 0 spiro atoms. The number of benzene rings is 1. The molecule has 21 heavy (non-hydrogen) atoms. The summed E-state index contributed by atoms with van der Waals surface area (Å²) in [5.41, 5.74) is 1.96. The van der Waals surface area contributed by atoms with Crippen LogP contribution in [0, 0.1) is 0 Å². The van der Waals surface area contributed by atoms with Crippen molar-refractivity contribution in [3.63, 3.8) is 0 Å².